The average molecular weight is 373 g/mol. The molecule has 8 atom stereocenters. The molecule has 156 valence electrons. The fourth-order valence-corrected chi connectivity index (χ4v) is 9.32. The second kappa shape index (κ2) is 7.68. The molecule has 0 radical (unpaired) electrons. The minimum Gasteiger partial charge on any atom is -0.0628 e. The topological polar surface area (TPSA) is 0 Å². The van der Waals surface area contributed by atoms with Gasteiger partial charge in [-0.2, -0.15) is 0 Å². The van der Waals surface area contributed by atoms with Crippen LogP contribution >= 0.6 is 0 Å². The van der Waals surface area contributed by atoms with E-state index in [2.05, 4.69) is 34.6 Å². The normalized spacial score (nSPS) is 48.0. The van der Waals surface area contributed by atoms with Gasteiger partial charge >= 0.3 is 0 Å². The van der Waals surface area contributed by atoms with Crippen molar-refractivity contribution in [2.45, 2.75) is 118 Å². The first-order valence-corrected chi connectivity index (χ1v) is 12.9. The van der Waals surface area contributed by atoms with E-state index in [0.717, 1.165) is 41.4 Å². The van der Waals surface area contributed by atoms with Gasteiger partial charge in [0.25, 0.3) is 0 Å². The zero-order valence-corrected chi connectivity index (χ0v) is 19.2. The number of rotatable bonds is 5. The van der Waals surface area contributed by atoms with Crippen LogP contribution in [0.2, 0.25) is 0 Å². The fourth-order valence-electron chi connectivity index (χ4n) is 9.32. The fraction of sp³-hybridized carbons (Fsp3) is 1.00. The zero-order valence-electron chi connectivity index (χ0n) is 19.2. The van der Waals surface area contributed by atoms with Gasteiger partial charge in [-0.05, 0) is 104 Å². The van der Waals surface area contributed by atoms with Gasteiger partial charge in [-0.1, -0.05) is 66.7 Å². The Balaban J connectivity index is 1.46. The summed E-state index contributed by atoms with van der Waals surface area (Å²) in [5.74, 6) is 7.15. The van der Waals surface area contributed by atoms with E-state index in [1.54, 1.807) is 51.4 Å². The van der Waals surface area contributed by atoms with E-state index in [0.29, 0.717) is 10.8 Å². The molecule has 4 rings (SSSR count). The predicted molar refractivity (Wildman–Crippen MR) is 118 cm³/mol. The molecule has 4 aliphatic carbocycles. The predicted octanol–water partition coefficient (Wildman–Crippen LogP) is 8.50. The van der Waals surface area contributed by atoms with Crippen molar-refractivity contribution in [1.82, 2.24) is 0 Å². The van der Waals surface area contributed by atoms with E-state index in [-0.39, 0.29) is 0 Å². The van der Waals surface area contributed by atoms with Crippen molar-refractivity contribution in [1.29, 1.82) is 0 Å². The van der Waals surface area contributed by atoms with Crippen LogP contribution in [0.1, 0.15) is 118 Å². The highest BCUT2D eigenvalue weighted by molar-refractivity contribution is 5.09. The van der Waals surface area contributed by atoms with Crippen LogP contribution in [0, 0.1) is 52.3 Å². The van der Waals surface area contributed by atoms with E-state index in [1.165, 1.54) is 32.1 Å². The van der Waals surface area contributed by atoms with Gasteiger partial charge in [0.15, 0.2) is 0 Å². The summed E-state index contributed by atoms with van der Waals surface area (Å²) in [6.07, 6.45) is 19.9. The Hall–Kier alpha value is 0. The molecule has 4 aliphatic rings. The van der Waals surface area contributed by atoms with Crippen molar-refractivity contribution in [3.05, 3.63) is 0 Å². The molecule has 0 N–H and O–H groups in total. The van der Waals surface area contributed by atoms with E-state index in [1.807, 2.05) is 0 Å². The third kappa shape index (κ3) is 3.44. The Kier molecular flexibility index (Phi) is 5.77. The summed E-state index contributed by atoms with van der Waals surface area (Å²) >= 11 is 0. The minimum absolute atomic E-state index is 0.677. The van der Waals surface area contributed by atoms with Gasteiger partial charge < -0.3 is 0 Å². The Morgan fingerprint density at radius 1 is 0.741 bits per heavy atom. The Bertz CT molecular complexity index is 506. The Morgan fingerprint density at radius 2 is 1.52 bits per heavy atom. The number of hydrogen-bond acceptors (Lipinski definition) is 0. The van der Waals surface area contributed by atoms with Gasteiger partial charge in [-0.3, -0.25) is 0 Å². The van der Waals surface area contributed by atoms with Crippen LogP contribution in [-0.2, 0) is 0 Å². The molecule has 0 saturated heterocycles. The lowest BCUT2D eigenvalue weighted by molar-refractivity contribution is -0.114. The van der Waals surface area contributed by atoms with E-state index in [9.17, 15) is 0 Å². The standard InChI is InChI=1S/C27H48/c1-19(2)9-8-10-20(3)23-14-15-24-22-13-12-21-11-6-7-17-26(21,4)25(22)16-18-27(23,24)5/h19-25H,6-18H2,1-5H3/t20-,21-,22-,23+,24+,25+,26-,27+/m0/s1. The maximum absolute atomic E-state index is 2.75. The monoisotopic (exact) mass is 372 g/mol. The highest BCUT2D eigenvalue weighted by Gasteiger charge is 2.59. The summed E-state index contributed by atoms with van der Waals surface area (Å²) in [6.45, 7) is 12.9. The van der Waals surface area contributed by atoms with Crippen molar-refractivity contribution in [3.8, 4) is 0 Å². The third-order valence-corrected chi connectivity index (χ3v) is 10.8. The lowest BCUT2D eigenvalue weighted by Crippen LogP contribution is -2.53. The smallest absolute Gasteiger partial charge is 0.0264 e. The quantitative estimate of drug-likeness (QED) is 0.453. The molecule has 0 aromatic rings. The largest absolute Gasteiger partial charge is 0.0628 e. The Morgan fingerprint density at radius 3 is 2.30 bits per heavy atom. The van der Waals surface area contributed by atoms with Crippen LogP contribution in [0.4, 0.5) is 0 Å². The van der Waals surface area contributed by atoms with Crippen molar-refractivity contribution in [3.63, 3.8) is 0 Å². The first-order valence-electron chi connectivity index (χ1n) is 12.9. The molecule has 0 heterocycles. The van der Waals surface area contributed by atoms with Crippen LogP contribution in [0.25, 0.3) is 0 Å². The molecule has 0 spiro atoms. The van der Waals surface area contributed by atoms with Crippen LogP contribution in [0.15, 0.2) is 0 Å². The molecule has 4 saturated carbocycles. The zero-order chi connectivity index (χ0) is 19.2. The highest BCUT2D eigenvalue weighted by atomic mass is 14.6. The van der Waals surface area contributed by atoms with Gasteiger partial charge in [0.2, 0.25) is 0 Å². The first-order chi connectivity index (χ1) is 12.9. The first kappa shape index (κ1) is 20.3. The molecule has 27 heavy (non-hydrogen) atoms. The SMILES string of the molecule is CC(C)CCC[C@H](C)[C@H]1CC[C@@H]2[C@@H]3CC[C@@H]4CCCC[C@]4(C)[C@@H]3CC[C@@]21C. The van der Waals surface area contributed by atoms with E-state index < -0.39 is 0 Å². The summed E-state index contributed by atoms with van der Waals surface area (Å²) in [6, 6.07) is 0. The Labute approximate surface area is 170 Å². The summed E-state index contributed by atoms with van der Waals surface area (Å²) in [5.41, 5.74) is 1.39. The van der Waals surface area contributed by atoms with Gasteiger partial charge in [-0.15, -0.1) is 0 Å². The minimum atomic E-state index is 0.677. The van der Waals surface area contributed by atoms with Crippen molar-refractivity contribution in [2.75, 3.05) is 0 Å². The van der Waals surface area contributed by atoms with Gasteiger partial charge in [0.1, 0.15) is 0 Å². The molecule has 0 unspecified atom stereocenters. The molecular weight excluding hydrogens is 324 g/mol. The highest BCUT2D eigenvalue weighted by Crippen LogP contribution is 2.68. The second-order valence-corrected chi connectivity index (χ2v) is 12.4. The second-order valence-electron chi connectivity index (χ2n) is 12.4. The lowest BCUT2D eigenvalue weighted by atomic mass is 9.44. The summed E-state index contributed by atoms with van der Waals surface area (Å²) in [4.78, 5) is 0. The molecule has 0 aromatic carbocycles. The molecule has 0 aromatic heterocycles. The number of fused-ring (bicyclic) bond motifs is 5. The summed E-state index contributed by atoms with van der Waals surface area (Å²) < 4.78 is 0. The van der Waals surface area contributed by atoms with Gasteiger partial charge in [0.05, 0.1) is 0 Å². The maximum Gasteiger partial charge on any atom is -0.0264 e. The van der Waals surface area contributed by atoms with Gasteiger partial charge in [-0.25, -0.2) is 0 Å². The van der Waals surface area contributed by atoms with Crippen molar-refractivity contribution < 1.29 is 0 Å². The summed E-state index contributed by atoms with van der Waals surface area (Å²) in [5, 5.41) is 0. The molecule has 0 bridgehead atoms. The van der Waals surface area contributed by atoms with Crippen molar-refractivity contribution in [2.24, 2.45) is 52.3 Å². The molecule has 0 heteroatoms. The maximum atomic E-state index is 2.75. The molecule has 0 amide bonds. The van der Waals surface area contributed by atoms with Gasteiger partial charge in [0, 0.05) is 0 Å². The lowest BCUT2D eigenvalue weighted by Gasteiger charge is -2.61. The molecular formula is C27H48. The average Bonchev–Trinajstić information content (AvgIpc) is 2.98. The van der Waals surface area contributed by atoms with Crippen LogP contribution in [0.5, 0.6) is 0 Å². The molecule has 0 aliphatic heterocycles. The summed E-state index contributed by atoms with van der Waals surface area (Å²) in [7, 11) is 0. The van der Waals surface area contributed by atoms with Crippen LogP contribution in [-0.4, -0.2) is 0 Å². The van der Waals surface area contributed by atoms with E-state index in [4.69, 9.17) is 0 Å². The van der Waals surface area contributed by atoms with E-state index >= 15 is 0 Å². The van der Waals surface area contributed by atoms with Crippen LogP contribution in [0.3, 0.4) is 0 Å². The number of hydrogen-bond donors (Lipinski definition) is 0. The molecule has 4 fully saturated rings. The molecule has 0 nitrogen and oxygen atoms in total. The third-order valence-electron chi connectivity index (χ3n) is 10.8. The van der Waals surface area contributed by atoms with Crippen molar-refractivity contribution >= 4 is 0 Å². The van der Waals surface area contributed by atoms with Crippen LogP contribution < -0.4 is 0 Å².